The van der Waals surface area contributed by atoms with Crippen LogP contribution in [-0.2, 0) is 0 Å². The van der Waals surface area contributed by atoms with Gasteiger partial charge in [-0.1, -0.05) is 6.07 Å². The van der Waals surface area contributed by atoms with Crippen LogP contribution >= 0.6 is 0 Å². The second-order valence-electron chi connectivity index (χ2n) is 5.60. The van der Waals surface area contributed by atoms with E-state index in [1.54, 1.807) is 31.5 Å². The van der Waals surface area contributed by atoms with Crippen LogP contribution in [0.4, 0.5) is 11.6 Å². The number of nitrogens with one attached hydrogen (secondary N) is 1. The summed E-state index contributed by atoms with van der Waals surface area (Å²) in [6.45, 7) is 1.55. The van der Waals surface area contributed by atoms with Crippen LogP contribution in [-0.4, -0.2) is 25.1 Å². The Kier molecular flexibility index (Phi) is 3.70. The van der Waals surface area contributed by atoms with Gasteiger partial charge in [-0.15, -0.1) is 0 Å². The zero-order chi connectivity index (χ0) is 17.2. The number of carbonyl (C=O) groups excluding carboxylic acids is 1. The van der Waals surface area contributed by atoms with Crippen LogP contribution in [0.15, 0.2) is 67.1 Å². The number of Topliss-reactive ketones (excluding diaryl/α,β-unsaturated/α-hetero) is 1. The van der Waals surface area contributed by atoms with Crippen LogP contribution in [0, 0.1) is 0 Å². The number of benzene rings is 1. The predicted octanol–water partition coefficient (Wildman–Crippen LogP) is 3.74. The van der Waals surface area contributed by atoms with Crippen molar-refractivity contribution in [3.05, 3.63) is 72.7 Å². The average Bonchev–Trinajstić information content (AvgIpc) is 3.06. The maximum absolute atomic E-state index is 11.3. The van der Waals surface area contributed by atoms with Gasteiger partial charge in [0.15, 0.2) is 5.78 Å². The molecule has 0 saturated heterocycles. The summed E-state index contributed by atoms with van der Waals surface area (Å²) in [6.07, 6.45) is 5.45. The molecule has 0 bridgehead atoms. The highest BCUT2D eigenvalue weighted by Gasteiger charge is 2.08. The van der Waals surface area contributed by atoms with Crippen molar-refractivity contribution < 1.29 is 4.79 Å². The zero-order valence-corrected chi connectivity index (χ0v) is 13.5. The van der Waals surface area contributed by atoms with Gasteiger partial charge in [-0.2, -0.15) is 0 Å². The minimum absolute atomic E-state index is 0.0393. The molecule has 4 rings (SSSR count). The van der Waals surface area contributed by atoms with Crippen LogP contribution in [0.2, 0.25) is 0 Å². The van der Waals surface area contributed by atoms with E-state index in [0.29, 0.717) is 11.5 Å². The van der Waals surface area contributed by atoms with E-state index < -0.39 is 0 Å². The Morgan fingerprint density at radius 3 is 2.68 bits per heavy atom. The molecule has 0 saturated carbocycles. The summed E-state index contributed by atoms with van der Waals surface area (Å²) >= 11 is 0. The number of ketones is 1. The zero-order valence-electron chi connectivity index (χ0n) is 13.5. The monoisotopic (exact) mass is 329 g/mol. The Morgan fingerprint density at radius 2 is 1.88 bits per heavy atom. The molecule has 0 spiro atoms. The number of rotatable bonds is 4. The van der Waals surface area contributed by atoms with Gasteiger partial charge < -0.3 is 5.32 Å². The topological polar surface area (TPSA) is 72.2 Å². The highest BCUT2D eigenvalue weighted by molar-refractivity contribution is 5.94. The fourth-order valence-corrected chi connectivity index (χ4v) is 2.60. The van der Waals surface area contributed by atoms with Crippen molar-refractivity contribution >= 4 is 23.1 Å². The molecule has 3 aromatic heterocycles. The van der Waals surface area contributed by atoms with E-state index in [4.69, 9.17) is 0 Å². The molecule has 0 unspecified atom stereocenters. The molecule has 0 aliphatic rings. The Labute approximate surface area is 144 Å². The molecule has 3 heterocycles. The van der Waals surface area contributed by atoms with Gasteiger partial charge in [0.25, 0.3) is 0 Å². The number of aromatic nitrogens is 4. The van der Waals surface area contributed by atoms with Gasteiger partial charge in [-0.3, -0.25) is 9.20 Å². The van der Waals surface area contributed by atoms with Gasteiger partial charge in [-0.25, -0.2) is 15.0 Å². The Hall–Kier alpha value is -3.54. The summed E-state index contributed by atoms with van der Waals surface area (Å²) in [4.78, 5) is 24.6. The lowest BCUT2D eigenvalue weighted by molar-refractivity contribution is 0.101. The van der Waals surface area contributed by atoms with Crippen LogP contribution in [0.1, 0.15) is 17.3 Å². The first-order valence-corrected chi connectivity index (χ1v) is 7.84. The maximum atomic E-state index is 11.3. The number of imidazole rings is 1. The van der Waals surface area contributed by atoms with Crippen molar-refractivity contribution in [3.8, 4) is 11.4 Å². The highest BCUT2D eigenvalue weighted by Crippen LogP contribution is 2.21. The predicted molar refractivity (Wildman–Crippen MR) is 95.9 cm³/mol. The number of fused-ring (bicyclic) bond motifs is 1. The third kappa shape index (κ3) is 2.97. The third-order valence-corrected chi connectivity index (χ3v) is 3.88. The quantitative estimate of drug-likeness (QED) is 0.578. The molecule has 0 atom stereocenters. The molecular weight excluding hydrogens is 314 g/mol. The van der Waals surface area contributed by atoms with E-state index in [-0.39, 0.29) is 5.78 Å². The molecule has 6 heteroatoms. The Morgan fingerprint density at radius 1 is 1.04 bits per heavy atom. The van der Waals surface area contributed by atoms with Gasteiger partial charge in [0.2, 0.25) is 5.95 Å². The first-order chi connectivity index (χ1) is 12.2. The molecule has 0 amide bonds. The fourth-order valence-electron chi connectivity index (χ4n) is 2.60. The molecule has 0 radical (unpaired) electrons. The summed E-state index contributed by atoms with van der Waals surface area (Å²) in [5.74, 6) is 0.524. The number of anilines is 2. The van der Waals surface area contributed by atoms with Gasteiger partial charge in [0, 0.05) is 23.6 Å². The van der Waals surface area contributed by atoms with Gasteiger partial charge in [0.1, 0.15) is 5.65 Å². The number of nitrogens with zero attached hydrogens (tertiary/aromatic N) is 4. The Bertz CT molecular complexity index is 1050. The minimum atomic E-state index is 0.0393. The van der Waals surface area contributed by atoms with Crippen LogP contribution in [0.25, 0.3) is 17.0 Å². The van der Waals surface area contributed by atoms with E-state index in [9.17, 15) is 4.79 Å². The Balaban J connectivity index is 1.64. The van der Waals surface area contributed by atoms with E-state index >= 15 is 0 Å². The normalized spacial score (nSPS) is 10.8. The smallest absolute Gasteiger partial charge is 0.227 e. The highest BCUT2D eigenvalue weighted by atomic mass is 16.1. The van der Waals surface area contributed by atoms with Gasteiger partial charge >= 0.3 is 0 Å². The summed E-state index contributed by atoms with van der Waals surface area (Å²) in [7, 11) is 0. The van der Waals surface area contributed by atoms with Crippen molar-refractivity contribution in [3.63, 3.8) is 0 Å². The van der Waals surface area contributed by atoms with E-state index in [1.165, 1.54) is 0 Å². The van der Waals surface area contributed by atoms with Crippen molar-refractivity contribution in [2.45, 2.75) is 6.92 Å². The molecule has 6 nitrogen and oxygen atoms in total. The van der Waals surface area contributed by atoms with Crippen LogP contribution < -0.4 is 5.32 Å². The number of carbonyl (C=O) groups is 1. The first kappa shape index (κ1) is 15.0. The van der Waals surface area contributed by atoms with E-state index in [0.717, 1.165) is 22.7 Å². The third-order valence-electron chi connectivity index (χ3n) is 3.88. The van der Waals surface area contributed by atoms with Crippen molar-refractivity contribution in [1.82, 2.24) is 19.4 Å². The molecular formula is C19H15N5O. The molecule has 25 heavy (non-hydrogen) atoms. The second-order valence-corrected chi connectivity index (χ2v) is 5.60. The SMILES string of the molecule is CC(=O)c1ccc(Nc2nccc(-c3cnc4ccccn34)n2)cc1. The summed E-state index contributed by atoms with van der Waals surface area (Å²) in [5, 5.41) is 3.16. The molecule has 1 N–H and O–H groups in total. The number of hydrogen-bond donors (Lipinski definition) is 1. The van der Waals surface area contributed by atoms with Crippen LogP contribution in [0.3, 0.4) is 0 Å². The van der Waals surface area contributed by atoms with Crippen molar-refractivity contribution in [2.24, 2.45) is 0 Å². The number of hydrogen-bond acceptors (Lipinski definition) is 5. The average molecular weight is 329 g/mol. The largest absolute Gasteiger partial charge is 0.324 e. The lowest BCUT2D eigenvalue weighted by Crippen LogP contribution is -1.99. The van der Waals surface area contributed by atoms with Crippen LogP contribution in [0.5, 0.6) is 0 Å². The lowest BCUT2D eigenvalue weighted by Gasteiger charge is -2.07. The second kappa shape index (κ2) is 6.16. The minimum Gasteiger partial charge on any atom is -0.324 e. The molecule has 4 aromatic rings. The first-order valence-electron chi connectivity index (χ1n) is 7.84. The molecule has 0 aliphatic carbocycles. The summed E-state index contributed by atoms with van der Waals surface area (Å²) < 4.78 is 1.98. The lowest BCUT2D eigenvalue weighted by atomic mass is 10.1. The maximum Gasteiger partial charge on any atom is 0.227 e. The number of pyridine rings is 1. The van der Waals surface area contributed by atoms with E-state index in [1.807, 2.05) is 47.0 Å². The van der Waals surface area contributed by atoms with Gasteiger partial charge in [0.05, 0.1) is 17.6 Å². The molecule has 122 valence electrons. The fraction of sp³-hybridized carbons (Fsp3) is 0.0526. The van der Waals surface area contributed by atoms with Gasteiger partial charge in [-0.05, 0) is 49.4 Å². The molecule has 0 aliphatic heterocycles. The standard InChI is InChI=1S/C19H15N5O/c1-13(25)14-5-7-15(8-6-14)22-19-20-10-9-16(23-19)17-12-21-18-4-2-3-11-24(17)18/h2-12H,1H3,(H,20,22,23). The van der Waals surface area contributed by atoms with E-state index in [2.05, 4.69) is 20.3 Å². The summed E-state index contributed by atoms with van der Waals surface area (Å²) in [6, 6.07) is 14.9. The van der Waals surface area contributed by atoms with Crippen molar-refractivity contribution in [2.75, 3.05) is 5.32 Å². The van der Waals surface area contributed by atoms with Crippen molar-refractivity contribution in [1.29, 1.82) is 0 Å². The molecule has 0 fully saturated rings. The summed E-state index contributed by atoms with van der Waals surface area (Å²) in [5.41, 5.74) is 4.03. The molecule has 1 aromatic carbocycles.